The molecule has 0 unspecified atom stereocenters. The van der Waals surface area contributed by atoms with Gasteiger partial charge in [0, 0.05) is 0 Å². The Labute approximate surface area is 318 Å². The molecular weight excluding hydrogens is 652 g/mol. The molecule has 0 fully saturated rings. The average Bonchev–Trinajstić information content (AvgIpc) is 3.10. The summed E-state index contributed by atoms with van der Waals surface area (Å²) < 4.78 is 13.2. The van der Waals surface area contributed by atoms with Gasteiger partial charge in [0.15, 0.2) is 0 Å². The van der Waals surface area contributed by atoms with Crippen LogP contribution >= 0.6 is 16.4 Å². The Morgan fingerprint density at radius 2 is 0.420 bits per heavy atom. The first-order valence-corrected chi connectivity index (χ1v) is 27.6. The standard InChI is InChI=1S/C45H95O3PS/c1-4-7-10-13-16-19-22-25-28-31-34-37-40-43-50(49(46,47)48,44-41-38-35-32-29-26-23-20-17-14-11-8-5-2)45-42-39-36-33-30-27-24-21-18-15-12-9-6-3/h4-45H2,1-3H3,(H2,46,47,48). The van der Waals surface area contributed by atoms with Gasteiger partial charge < -0.3 is 9.79 Å². The second kappa shape index (κ2) is 39.2. The Balaban J connectivity index is 4.50. The van der Waals surface area contributed by atoms with Gasteiger partial charge in [-0.25, -0.2) is 4.57 Å². The zero-order valence-corrected chi connectivity index (χ0v) is 36.6. The summed E-state index contributed by atoms with van der Waals surface area (Å²) in [6.07, 6.45) is 51.5. The van der Waals surface area contributed by atoms with Gasteiger partial charge in [0.25, 0.3) is 0 Å². The predicted octanol–water partition coefficient (Wildman–Crippen LogP) is 17.2. The van der Waals surface area contributed by atoms with Crippen molar-refractivity contribution in [2.75, 3.05) is 17.3 Å². The summed E-state index contributed by atoms with van der Waals surface area (Å²) in [6.45, 7) is 2.78. The van der Waals surface area contributed by atoms with Crippen molar-refractivity contribution < 1.29 is 14.4 Å². The van der Waals surface area contributed by atoms with Crippen molar-refractivity contribution in [3.05, 3.63) is 0 Å². The molecule has 0 rings (SSSR count). The lowest BCUT2D eigenvalue weighted by molar-refractivity contribution is 0.395. The van der Waals surface area contributed by atoms with E-state index >= 15 is 0 Å². The molecule has 3 nitrogen and oxygen atoms in total. The third-order valence-electron chi connectivity index (χ3n) is 11.4. The quantitative estimate of drug-likeness (QED) is 0.0482. The maximum atomic E-state index is 13.2. The zero-order valence-electron chi connectivity index (χ0n) is 34.9. The van der Waals surface area contributed by atoms with Crippen molar-refractivity contribution in [3.63, 3.8) is 0 Å². The van der Waals surface area contributed by atoms with Crippen LogP contribution in [0.5, 0.6) is 0 Å². The lowest BCUT2D eigenvalue weighted by atomic mass is 10.0. The molecule has 0 aromatic rings. The smallest absolute Gasteiger partial charge is 0.318 e. The van der Waals surface area contributed by atoms with Crippen LogP contribution in [0.1, 0.15) is 271 Å². The molecule has 304 valence electrons. The van der Waals surface area contributed by atoms with Gasteiger partial charge in [-0.1, -0.05) is 252 Å². The van der Waals surface area contributed by atoms with Crippen molar-refractivity contribution in [2.24, 2.45) is 0 Å². The summed E-state index contributed by atoms with van der Waals surface area (Å²) in [6, 6.07) is 0. The van der Waals surface area contributed by atoms with Gasteiger partial charge in [-0.15, -0.1) is 9.65 Å². The van der Waals surface area contributed by atoms with E-state index in [0.29, 0.717) is 0 Å². The molecule has 2 N–H and O–H groups in total. The van der Waals surface area contributed by atoms with E-state index in [2.05, 4.69) is 20.8 Å². The SMILES string of the molecule is CCCCCCCCCCCCCCCS(CCCCCCCCCCCCCCC)(CCCCCCCCCCCCCCC)P(=O)(O)O. The largest absolute Gasteiger partial charge is 0.366 e. The molecule has 0 aliphatic carbocycles. The van der Waals surface area contributed by atoms with Gasteiger partial charge in [-0.05, 0) is 36.5 Å². The van der Waals surface area contributed by atoms with E-state index < -0.39 is 16.4 Å². The van der Waals surface area contributed by atoms with Crippen LogP contribution in [-0.2, 0) is 4.57 Å². The predicted molar refractivity (Wildman–Crippen MR) is 231 cm³/mol. The van der Waals surface area contributed by atoms with Crippen LogP contribution < -0.4 is 0 Å². The molecule has 0 aromatic heterocycles. The molecule has 0 heterocycles. The lowest BCUT2D eigenvalue weighted by Gasteiger charge is -2.40. The Morgan fingerprint density at radius 1 is 0.280 bits per heavy atom. The Kier molecular flexibility index (Phi) is 39.6. The highest BCUT2D eigenvalue weighted by molar-refractivity contribution is 8.76. The molecule has 0 aliphatic heterocycles. The zero-order chi connectivity index (χ0) is 36.7. The molecule has 5 heteroatoms. The summed E-state index contributed by atoms with van der Waals surface area (Å²) >= 11 is 0. The first kappa shape index (κ1) is 50.5. The molecule has 0 aromatic carbocycles. The maximum absolute atomic E-state index is 13.2. The third kappa shape index (κ3) is 33.1. The normalized spacial score (nSPS) is 12.7. The van der Waals surface area contributed by atoms with Crippen molar-refractivity contribution in [3.8, 4) is 0 Å². The molecule has 0 radical (unpaired) electrons. The highest BCUT2D eigenvalue weighted by Gasteiger charge is 2.39. The van der Waals surface area contributed by atoms with Crippen molar-refractivity contribution in [2.45, 2.75) is 271 Å². The minimum atomic E-state index is -4.08. The first-order chi connectivity index (χ1) is 24.4. The maximum Gasteiger partial charge on any atom is 0.366 e. The van der Waals surface area contributed by atoms with Crippen LogP contribution in [0.15, 0.2) is 0 Å². The van der Waals surface area contributed by atoms with Gasteiger partial charge in [0.1, 0.15) is 0 Å². The number of unbranched alkanes of at least 4 members (excludes halogenated alkanes) is 36. The molecular formula is C45H95O3PS. The molecule has 0 aliphatic rings. The van der Waals surface area contributed by atoms with Crippen LogP contribution in [-0.4, -0.2) is 27.0 Å². The van der Waals surface area contributed by atoms with Crippen LogP contribution in [0.3, 0.4) is 0 Å². The van der Waals surface area contributed by atoms with Crippen LogP contribution in [0.4, 0.5) is 0 Å². The van der Waals surface area contributed by atoms with E-state index in [4.69, 9.17) is 0 Å². The fraction of sp³-hybridized carbons (Fsp3) is 1.00. The third-order valence-corrected chi connectivity index (χ3v) is 20.2. The number of hydrogen-bond donors (Lipinski definition) is 2. The van der Waals surface area contributed by atoms with Crippen molar-refractivity contribution in [1.29, 1.82) is 0 Å². The van der Waals surface area contributed by atoms with E-state index in [1.807, 2.05) is 0 Å². The van der Waals surface area contributed by atoms with Crippen LogP contribution in [0.2, 0.25) is 0 Å². The second-order valence-corrected chi connectivity index (χ2v) is 24.3. The van der Waals surface area contributed by atoms with Gasteiger partial charge in [-0.2, -0.15) is 0 Å². The summed E-state index contributed by atoms with van der Waals surface area (Å²) in [5, 5.41) is 0. The Bertz CT molecular complexity index is 622. The highest BCUT2D eigenvalue weighted by atomic mass is 32.8. The minimum Gasteiger partial charge on any atom is -0.318 e. The van der Waals surface area contributed by atoms with Gasteiger partial charge in [-0.3, -0.25) is 0 Å². The average molecular weight is 747 g/mol. The minimum absolute atomic E-state index is 0.811. The summed E-state index contributed by atoms with van der Waals surface area (Å²) in [4.78, 5) is 21.7. The van der Waals surface area contributed by atoms with E-state index in [-0.39, 0.29) is 0 Å². The molecule has 0 atom stereocenters. The van der Waals surface area contributed by atoms with E-state index in [1.165, 1.54) is 212 Å². The van der Waals surface area contributed by atoms with Crippen LogP contribution in [0, 0.1) is 0 Å². The molecule has 0 bridgehead atoms. The summed E-state index contributed by atoms with van der Waals surface area (Å²) in [5.41, 5.74) is 0. The summed E-state index contributed by atoms with van der Waals surface area (Å²) in [5.74, 6) is 2.43. The first-order valence-electron chi connectivity index (χ1n) is 23.3. The topological polar surface area (TPSA) is 57.5 Å². The fourth-order valence-corrected chi connectivity index (χ4v) is 14.7. The second-order valence-electron chi connectivity index (χ2n) is 16.3. The van der Waals surface area contributed by atoms with E-state index in [1.54, 1.807) is 0 Å². The highest BCUT2D eigenvalue weighted by Crippen LogP contribution is 2.78. The molecule has 0 saturated heterocycles. The van der Waals surface area contributed by atoms with Crippen molar-refractivity contribution >= 4 is 16.4 Å². The lowest BCUT2D eigenvalue weighted by Crippen LogP contribution is -2.15. The van der Waals surface area contributed by atoms with E-state index in [0.717, 1.165) is 55.8 Å². The molecule has 50 heavy (non-hydrogen) atoms. The molecule has 0 amide bonds. The molecule has 0 saturated carbocycles. The van der Waals surface area contributed by atoms with Gasteiger partial charge in [0.2, 0.25) is 0 Å². The summed E-state index contributed by atoms with van der Waals surface area (Å²) in [7, 11) is -1.89. The van der Waals surface area contributed by atoms with E-state index in [9.17, 15) is 14.4 Å². The monoisotopic (exact) mass is 747 g/mol. The van der Waals surface area contributed by atoms with Crippen LogP contribution in [0.25, 0.3) is 0 Å². The Morgan fingerprint density at radius 3 is 0.560 bits per heavy atom. The van der Waals surface area contributed by atoms with Gasteiger partial charge in [0.05, 0.1) is 0 Å². The Hall–Kier alpha value is 0.500. The number of rotatable bonds is 43. The fourth-order valence-electron chi connectivity index (χ4n) is 7.83. The van der Waals surface area contributed by atoms with Crippen molar-refractivity contribution in [1.82, 2.24) is 0 Å². The molecule has 0 spiro atoms. The van der Waals surface area contributed by atoms with Gasteiger partial charge >= 0.3 is 6.80 Å². The number of hydrogen-bond acceptors (Lipinski definition) is 1.